The Balaban J connectivity index is 2.08. The molecular weight excluding hydrogens is 273 g/mol. The Morgan fingerprint density at radius 3 is 2.86 bits per heavy atom. The zero-order chi connectivity index (χ0) is 15.6. The highest BCUT2D eigenvalue weighted by Gasteiger charge is 2.39. The van der Waals surface area contributed by atoms with Gasteiger partial charge in [0, 0.05) is 18.7 Å². The summed E-state index contributed by atoms with van der Waals surface area (Å²) in [5, 5.41) is 19.1. The van der Waals surface area contributed by atoms with Gasteiger partial charge in [-0.2, -0.15) is 0 Å². The van der Waals surface area contributed by atoms with Gasteiger partial charge in [0.25, 0.3) is 0 Å². The molecule has 1 fully saturated rings. The zero-order valence-electron chi connectivity index (χ0n) is 12.5. The van der Waals surface area contributed by atoms with Gasteiger partial charge in [-0.15, -0.1) is 0 Å². The molecule has 0 radical (unpaired) electrons. The average Bonchev–Trinajstić information content (AvgIpc) is 2.43. The van der Waals surface area contributed by atoms with Crippen LogP contribution in [0, 0.1) is 17.2 Å². The number of hydrogen-bond donors (Lipinski definition) is 2. The standard InChI is InChI=1S/C16H22FNO3/c1-16(2,15(20)21)12-4-3-7-18(10-12)9-11-8-13(17)5-6-14(11)19/h5-6,8,12,19H,3-4,7,9-10H2,1-2H3,(H,20,21). The molecule has 21 heavy (non-hydrogen) atoms. The first kappa shape index (κ1) is 15.8. The first-order valence-corrected chi connectivity index (χ1v) is 7.24. The molecule has 1 aliphatic rings. The number of phenols is 1. The number of piperidine rings is 1. The van der Waals surface area contributed by atoms with Gasteiger partial charge in [0.1, 0.15) is 11.6 Å². The van der Waals surface area contributed by atoms with Gasteiger partial charge in [-0.25, -0.2) is 4.39 Å². The maximum absolute atomic E-state index is 13.3. The normalized spacial score (nSPS) is 20.4. The Hall–Kier alpha value is -1.62. The highest BCUT2D eigenvalue weighted by atomic mass is 19.1. The maximum atomic E-state index is 13.3. The van der Waals surface area contributed by atoms with E-state index in [2.05, 4.69) is 4.90 Å². The van der Waals surface area contributed by atoms with Crippen LogP contribution in [0.25, 0.3) is 0 Å². The third-order valence-electron chi connectivity index (χ3n) is 4.51. The Morgan fingerprint density at radius 1 is 1.48 bits per heavy atom. The van der Waals surface area contributed by atoms with E-state index in [-0.39, 0.29) is 17.5 Å². The van der Waals surface area contributed by atoms with Crippen molar-refractivity contribution in [2.24, 2.45) is 11.3 Å². The first-order valence-electron chi connectivity index (χ1n) is 7.24. The molecule has 1 unspecified atom stereocenters. The summed E-state index contributed by atoms with van der Waals surface area (Å²) >= 11 is 0. The van der Waals surface area contributed by atoms with Gasteiger partial charge >= 0.3 is 5.97 Å². The lowest BCUT2D eigenvalue weighted by molar-refractivity contribution is -0.151. The van der Waals surface area contributed by atoms with Crippen molar-refractivity contribution in [2.45, 2.75) is 33.2 Å². The third kappa shape index (κ3) is 3.53. The molecule has 2 rings (SSSR count). The number of benzene rings is 1. The van der Waals surface area contributed by atoms with Crippen LogP contribution in [0.5, 0.6) is 5.75 Å². The second-order valence-electron chi connectivity index (χ2n) is 6.37. The van der Waals surface area contributed by atoms with E-state index in [1.807, 2.05) is 0 Å². The van der Waals surface area contributed by atoms with E-state index in [0.29, 0.717) is 18.7 Å². The number of aliphatic carboxylic acids is 1. The third-order valence-corrected chi connectivity index (χ3v) is 4.51. The smallest absolute Gasteiger partial charge is 0.309 e. The van der Waals surface area contributed by atoms with Crippen LogP contribution in [0.2, 0.25) is 0 Å². The minimum atomic E-state index is -0.789. The Labute approximate surface area is 124 Å². The molecule has 0 amide bonds. The summed E-state index contributed by atoms with van der Waals surface area (Å²) in [6, 6.07) is 3.92. The summed E-state index contributed by atoms with van der Waals surface area (Å²) < 4.78 is 13.3. The van der Waals surface area contributed by atoms with Crippen LogP contribution in [-0.2, 0) is 11.3 Å². The van der Waals surface area contributed by atoms with Crippen molar-refractivity contribution in [3.05, 3.63) is 29.6 Å². The lowest BCUT2D eigenvalue weighted by Gasteiger charge is -2.39. The van der Waals surface area contributed by atoms with Gasteiger partial charge < -0.3 is 10.2 Å². The molecule has 1 aliphatic heterocycles. The van der Waals surface area contributed by atoms with E-state index < -0.39 is 11.4 Å². The zero-order valence-corrected chi connectivity index (χ0v) is 12.5. The number of carboxylic acids is 1. The van der Waals surface area contributed by atoms with E-state index in [1.165, 1.54) is 18.2 Å². The Bertz CT molecular complexity index is 530. The summed E-state index contributed by atoms with van der Waals surface area (Å²) in [7, 11) is 0. The molecule has 1 aromatic carbocycles. The number of hydrogen-bond acceptors (Lipinski definition) is 3. The minimum absolute atomic E-state index is 0.0550. The maximum Gasteiger partial charge on any atom is 0.309 e. The van der Waals surface area contributed by atoms with Crippen LogP contribution in [0.15, 0.2) is 18.2 Å². The van der Waals surface area contributed by atoms with Crippen LogP contribution >= 0.6 is 0 Å². The fourth-order valence-corrected chi connectivity index (χ4v) is 2.88. The van der Waals surface area contributed by atoms with Crippen molar-refractivity contribution in [2.75, 3.05) is 13.1 Å². The van der Waals surface area contributed by atoms with E-state index in [9.17, 15) is 19.4 Å². The van der Waals surface area contributed by atoms with Gasteiger partial charge in [-0.05, 0) is 57.4 Å². The van der Waals surface area contributed by atoms with E-state index in [4.69, 9.17) is 0 Å². The first-order chi connectivity index (χ1) is 9.80. The molecule has 0 aromatic heterocycles. The highest BCUT2D eigenvalue weighted by Crippen LogP contribution is 2.35. The van der Waals surface area contributed by atoms with Crippen molar-refractivity contribution in [1.29, 1.82) is 0 Å². The monoisotopic (exact) mass is 295 g/mol. The number of phenolic OH excluding ortho intramolecular Hbond substituents is 1. The fraction of sp³-hybridized carbons (Fsp3) is 0.562. The number of carbonyl (C=O) groups is 1. The number of halogens is 1. The highest BCUT2D eigenvalue weighted by molar-refractivity contribution is 5.74. The molecule has 1 aromatic rings. The minimum Gasteiger partial charge on any atom is -0.508 e. The SMILES string of the molecule is CC(C)(C(=O)O)C1CCCN(Cc2cc(F)ccc2O)C1. The molecule has 1 saturated heterocycles. The summed E-state index contributed by atoms with van der Waals surface area (Å²) in [5.41, 5.74) is -0.230. The molecule has 0 bridgehead atoms. The number of rotatable bonds is 4. The molecule has 5 heteroatoms. The second kappa shape index (κ2) is 6.02. The van der Waals surface area contributed by atoms with E-state index >= 15 is 0 Å². The predicted molar refractivity (Wildman–Crippen MR) is 77.5 cm³/mol. The van der Waals surface area contributed by atoms with E-state index in [1.54, 1.807) is 13.8 Å². The molecule has 0 spiro atoms. The predicted octanol–water partition coefficient (Wildman–Crippen LogP) is 2.85. The quantitative estimate of drug-likeness (QED) is 0.896. The largest absolute Gasteiger partial charge is 0.508 e. The van der Waals surface area contributed by atoms with Gasteiger partial charge in [0.15, 0.2) is 0 Å². The fourth-order valence-electron chi connectivity index (χ4n) is 2.88. The molecule has 2 N–H and O–H groups in total. The number of carboxylic acid groups (broad SMARTS) is 1. The topological polar surface area (TPSA) is 60.8 Å². The van der Waals surface area contributed by atoms with Gasteiger partial charge in [-0.1, -0.05) is 0 Å². The summed E-state index contributed by atoms with van der Waals surface area (Å²) in [5.74, 6) is -1.03. The summed E-state index contributed by atoms with van der Waals surface area (Å²) in [4.78, 5) is 13.5. The Morgan fingerprint density at radius 2 is 2.19 bits per heavy atom. The van der Waals surface area contributed by atoms with Crippen LogP contribution in [-0.4, -0.2) is 34.2 Å². The molecule has 116 valence electrons. The molecule has 4 nitrogen and oxygen atoms in total. The lowest BCUT2D eigenvalue weighted by atomic mass is 9.74. The van der Waals surface area contributed by atoms with Crippen molar-refractivity contribution >= 4 is 5.97 Å². The Kier molecular flexibility index (Phi) is 4.52. The molecule has 0 saturated carbocycles. The second-order valence-corrected chi connectivity index (χ2v) is 6.37. The van der Waals surface area contributed by atoms with Crippen molar-refractivity contribution in [3.8, 4) is 5.75 Å². The molecular formula is C16H22FNO3. The molecule has 0 aliphatic carbocycles. The van der Waals surface area contributed by atoms with Crippen LogP contribution < -0.4 is 0 Å². The van der Waals surface area contributed by atoms with Crippen molar-refractivity contribution in [3.63, 3.8) is 0 Å². The van der Waals surface area contributed by atoms with Crippen LogP contribution in [0.4, 0.5) is 4.39 Å². The lowest BCUT2D eigenvalue weighted by Crippen LogP contribution is -2.44. The van der Waals surface area contributed by atoms with Crippen molar-refractivity contribution < 1.29 is 19.4 Å². The molecule has 1 atom stereocenters. The van der Waals surface area contributed by atoms with E-state index in [0.717, 1.165) is 19.4 Å². The summed E-state index contributed by atoms with van der Waals surface area (Å²) in [6.45, 7) is 5.43. The number of nitrogens with zero attached hydrogens (tertiary/aromatic N) is 1. The number of likely N-dealkylation sites (tertiary alicyclic amines) is 1. The molecule has 1 heterocycles. The summed E-state index contributed by atoms with van der Waals surface area (Å²) in [6.07, 6.45) is 1.79. The van der Waals surface area contributed by atoms with Gasteiger partial charge in [-0.3, -0.25) is 9.69 Å². The number of aromatic hydroxyl groups is 1. The van der Waals surface area contributed by atoms with Crippen LogP contribution in [0.3, 0.4) is 0 Å². The van der Waals surface area contributed by atoms with Crippen molar-refractivity contribution in [1.82, 2.24) is 4.90 Å². The van der Waals surface area contributed by atoms with Gasteiger partial charge in [0.05, 0.1) is 5.41 Å². The average molecular weight is 295 g/mol. The van der Waals surface area contributed by atoms with Crippen LogP contribution in [0.1, 0.15) is 32.3 Å². The van der Waals surface area contributed by atoms with Gasteiger partial charge in [0.2, 0.25) is 0 Å².